The van der Waals surface area contributed by atoms with Gasteiger partial charge in [-0.05, 0) is 60.7 Å². The van der Waals surface area contributed by atoms with E-state index in [1.165, 1.54) is 11.1 Å². The van der Waals surface area contributed by atoms with Crippen LogP contribution in [-0.2, 0) is 18.4 Å². The second-order valence-electron chi connectivity index (χ2n) is 6.22. The quantitative estimate of drug-likeness (QED) is 0.911. The van der Waals surface area contributed by atoms with Crippen LogP contribution in [0.2, 0.25) is 0 Å². The van der Waals surface area contributed by atoms with Gasteiger partial charge in [-0.2, -0.15) is 0 Å². The molecule has 0 radical (unpaired) electrons. The van der Waals surface area contributed by atoms with E-state index in [0.29, 0.717) is 5.75 Å². The summed E-state index contributed by atoms with van der Waals surface area (Å²) in [6.45, 7) is 3.11. The number of benzene rings is 2. The predicted octanol–water partition coefficient (Wildman–Crippen LogP) is 3.01. The van der Waals surface area contributed by atoms with Crippen LogP contribution in [0, 0.1) is 0 Å². The first kappa shape index (κ1) is 15.7. The van der Waals surface area contributed by atoms with Crippen LogP contribution < -0.4 is 14.8 Å². The zero-order valence-electron chi connectivity index (χ0n) is 13.8. The topological polar surface area (TPSA) is 50.7 Å². The summed E-state index contributed by atoms with van der Waals surface area (Å²) in [7, 11) is 3.32. The van der Waals surface area contributed by atoms with Gasteiger partial charge < -0.3 is 19.9 Å². The highest BCUT2D eigenvalue weighted by atomic mass is 16.5. The standard InChI is InChI=1S/C19H23NO3/c1-19(12-13-5-4-6-15(21)9-13)16-11-18(23-3)17(22-2)10-14(16)7-8-20-19/h4-6,9-11,20-21H,7-8,12H2,1-3H3/t19-/m0/s1. The molecule has 1 heterocycles. The Bertz CT molecular complexity index is 714. The average molecular weight is 313 g/mol. The van der Waals surface area contributed by atoms with Crippen molar-refractivity contribution >= 4 is 0 Å². The number of fused-ring (bicyclic) bond motifs is 1. The minimum atomic E-state index is -0.207. The maximum Gasteiger partial charge on any atom is 0.161 e. The molecule has 122 valence electrons. The van der Waals surface area contributed by atoms with Crippen molar-refractivity contribution in [2.45, 2.75) is 25.3 Å². The largest absolute Gasteiger partial charge is 0.508 e. The van der Waals surface area contributed by atoms with Gasteiger partial charge in [0.15, 0.2) is 11.5 Å². The van der Waals surface area contributed by atoms with Gasteiger partial charge in [-0.1, -0.05) is 12.1 Å². The third-order valence-electron chi connectivity index (χ3n) is 4.58. The second-order valence-corrected chi connectivity index (χ2v) is 6.22. The highest BCUT2D eigenvalue weighted by molar-refractivity contribution is 5.51. The van der Waals surface area contributed by atoms with Gasteiger partial charge in [0.1, 0.15) is 5.75 Å². The Kier molecular flexibility index (Phi) is 4.18. The maximum absolute atomic E-state index is 9.72. The highest BCUT2D eigenvalue weighted by Crippen LogP contribution is 2.39. The van der Waals surface area contributed by atoms with E-state index in [-0.39, 0.29) is 5.54 Å². The molecule has 4 nitrogen and oxygen atoms in total. The molecule has 0 fully saturated rings. The zero-order chi connectivity index (χ0) is 16.4. The summed E-state index contributed by atoms with van der Waals surface area (Å²) >= 11 is 0. The number of aromatic hydroxyl groups is 1. The lowest BCUT2D eigenvalue weighted by molar-refractivity contribution is 0.329. The molecule has 2 aromatic rings. The fraction of sp³-hybridized carbons (Fsp3) is 0.368. The lowest BCUT2D eigenvalue weighted by Gasteiger charge is -2.38. The minimum absolute atomic E-state index is 0.207. The fourth-order valence-electron chi connectivity index (χ4n) is 3.44. The predicted molar refractivity (Wildman–Crippen MR) is 90.4 cm³/mol. The summed E-state index contributed by atoms with van der Waals surface area (Å²) in [5.41, 5.74) is 3.40. The van der Waals surface area contributed by atoms with E-state index in [0.717, 1.165) is 36.4 Å². The molecule has 1 aliphatic heterocycles. The van der Waals surface area contributed by atoms with Crippen molar-refractivity contribution in [2.24, 2.45) is 0 Å². The van der Waals surface area contributed by atoms with Gasteiger partial charge in [0, 0.05) is 12.1 Å². The fourth-order valence-corrected chi connectivity index (χ4v) is 3.44. The summed E-state index contributed by atoms with van der Waals surface area (Å²) < 4.78 is 10.9. The molecule has 4 heteroatoms. The number of ether oxygens (including phenoxy) is 2. The Balaban J connectivity index is 2.02. The lowest BCUT2D eigenvalue weighted by atomic mass is 9.79. The van der Waals surface area contributed by atoms with E-state index in [4.69, 9.17) is 9.47 Å². The molecule has 0 unspecified atom stereocenters. The van der Waals surface area contributed by atoms with Gasteiger partial charge in [0.25, 0.3) is 0 Å². The van der Waals surface area contributed by atoms with E-state index in [9.17, 15) is 5.11 Å². The van der Waals surface area contributed by atoms with E-state index in [2.05, 4.69) is 24.4 Å². The molecule has 2 aromatic carbocycles. The van der Waals surface area contributed by atoms with Crippen molar-refractivity contribution in [3.63, 3.8) is 0 Å². The van der Waals surface area contributed by atoms with Crippen LogP contribution in [0.4, 0.5) is 0 Å². The van der Waals surface area contributed by atoms with Crippen molar-refractivity contribution in [1.82, 2.24) is 5.32 Å². The van der Waals surface area contributed by atoms with E-state index < -0.39 is 0 Å². The number of hydrogen-bond acceptors (Lipinski definition) is 4. The number of rotatable bonds is 4. The van der Waals surface area contributed by atoms with Crippen LogP contribution in [0.15, 0.2) is 36.4 Å². The number of phenols is 1. The van der Waals surface area contributed by atoms with Gasteiger partial charge in [-0.3, -0.25) is 0 Å². The third-order valence-corrected chi connectivity index (χ3v) is 4.58. The molecular weight excluding hydrogens is 290 g/mol. The molecule has 0 aromatic heterocycles. The summed E-state index contributed by atoms with van der Waals surface area (Å²) in [4.78, 5) is 0. The van der Waals surface area contributed by atoms with Crippen LogP contribution in [0.3, 0.4) is 0 Å². The molecule has 0 aliphatic carbocycles. The molecule has 0 saturated heterocycles. The van der Waals surface area contributed by atoms with Gasteiger partial charge in [0.05, 0.1) is 14.2 Å². The van der Waals surface area contributed by atoms with Crippen molar-refractivity contribution in [3.8, 4) is 17.2 Å². The molecule has 2 N–H and O–H groups in total. The summed E-state index contributed by atoms with van der Waals surface area (Å²) in [6, 6.07) is 11.6. The van der Waals surface area contributed by atoms with Crippen LogP contribution in [0.1, 0.15) is 23.6 Å². The van der Waals surface area contributed by atoms with Crippen molar-refractivity contribution < 1.29 is 14.6 Å². The first-order valence-electron chi connectivity index (χ1n) is 7.84. The molecule has 0 bridgehead atoms. The highest BCUT2D eigenvalue weighted by Gasteiger charge is 2.33. The smallest absolute Gasteiger partial charge is 0.161 e. The molecule has 0 spiro atoms. The molecule has 23 heavy (non-hydrogen) atoms. The first-order valence-corrected chi connectivity index (χ1v) is 7.84. The second kappa shape index (κ2) is 6.13. The van der Waals surface area contributed by atoms with Crippen LogP contribution in [0.25, 0.3) is 0 Å². The van der Waals surface area contributed by atoms with Gasteiger partial charge in [-0.25, -0.2) is 0 Å². The van der Waals surface area contributed by atoms with Crippen molar-refractivity contribution in [1.29, 1.82) is 0 Å². The summed E-state index contributed by atoms with van der Waals surface area (Å²) in [5, 5.41) is 13.3. The monoisotopic (exact) mass is 313 g/mol. The summed E-state index contributed by atoms with van der Waals surface area (Å²) in [5.74, 6) is 1.82. The number of methoxy groups -OCH3 is 2. The Morgan fingerprint density at radius 2 is 1.87 bits per heavy atom. The maximum atomic E-state index is 9.72. The van der Waals surface area contributed by atoms with E-state index >= 15 is 0 Å². The Labute approximate surface area is 137 Å². The Hall–Kier alpha value is -2.20. The van der Waals surface area contributed by atoms with Crippen LogP contribution in [-0.4, -0.2) is 25.9 Å². The zero-order valence-corrected chi connectivity index (χ0v) is 13.8. The van der Waals surface area contributed by atoms with Crippen LogP contribution in [0.5, 0.6) is 17.2 Å². The molecule has 0 saturated carbocycles. The van der Waals surface area contributed by atoms with Gasteiger partial charge in [0.2, 0.25) is 0 Å². The Morgan fingerprint density at radius 1 is 1.13 bits per heavy atom. The minimum Gasteiger partial charge on any atom is -0.508 e. The Morgan fingerprint density at radius 3 is 2.57 bits per heavy atom. The molecular formula is C19H23NO3. The van der Waals surface area contributed by atoms with Crippen molar-refractivity contribution in [2.75, 3.05) is 20.8 Å². The number of nitrogens with one attached hydrogen (secondary N) is 1. The number of hydrogen-bond donors (Lipinski definition) is 2. The summed E-state index contributed by atoms with van der Waals surface area (Å²) in [6.07, 6.45) is 1.76. The van der Waals surface area contributed by atoms with Crippen LogP contribution >= 0.6 is 0 Å². The number of phenolic OH excluding ortho intramolecular Hbond substituents is 1. The lowest BCUT2D eigenvalue weighted by Crippen LogP contribution is -2.46. The van der Waals surface area contributed by atoms with E-state index in [1.807, 2.05) is 18.2 Å². The van der Waals surface area contributed by atoms with E-state index in [1.54, 1.807) is 20.3 Å². The molecule has 1 atom stereocenters. The van der Waals surface area contributed by atoms with Gasteiger partial charge in [-0.15, -0.1) is 0 Å². The third kappa shape index (κ3) is 2.99. The molecule has 0 amide bonds. The van der Waals surface area contributed by atoms with Gasteiger partial charge >= 0.3 is 0 Å². The first-order chi connectivity index (χ1) is 11.1. The normalized spacial score (nSPS) is 20.0. The van der Waals surface area contributed by atoms with Crippen molar-refractivity contribution in [3.05, 3.63) is 53.1 Å². The molecule has 1 aliphatic rings. The SMILES string of the molecule is COc1cc2c(cc1OC)[C@](C)(Cc1cccc(O)c1)NCC2. The average Bonchev–Trinajstić information content (AvgIpc) is 2.54. The molecule has 3 rings (SSSR count).